The van der Waals surface area contributed by atoms with Crippen molar-refractivity contribution < 1.29 is 24.4 Å². The molecule has 1 spiro atoms. The molecule has 38 heavy (non-hydrogen) atoms. The largest absolute Gasteiger partial charge is 0.489 e. The van der Waals surface area contributed by atoms with E-state index in [1.165, 1.54) is 0 Å². The maximum atomic E-state index is 12.9. The van der Waals surface area contributed by atoms with Crippen molar-refractivity contribution in [1.29, 1.82) is 0 Å². The summed E-state index contributed by atoms with van der Waals surface area (Å²) in [4.78, 5) is 35.0. The van der Waals surface area contributed by atoms with Gasteiger partial charge in [0.15, 0.2) is 0 Å². The average molecular weight is 517 g/mol. The molecule has 0 radical (unpaired) electrons. The molecule has 1 saturated carbocycles. The highest BCUT2D eigenvalue weighted by atomic mass is 16.7. The number of pyridine rings is 1. The summed E-state index contributed by atoms with van der Waals surface area (Å²) in [7, 11) is 0. The summed E-state index contributed by atoms with van der Waals surface area (Å²) >= 11 is 0. The van der Waals surface area contributed by atoms with Gasteiger partial charge < -0.3 is 14.9 Å². The Morgan fingerprint density at radius 1 is 1.11 bits per heavy atom. The predicted molar refractivity (Wildman–Crippen MR) is 142 cm³/mol. The van der Waals surface area contributed by atoms with E-state index in [9.17, 15) is 9.59 Å². The summed E-state index contributed by atoms with van der Waals surface area (Å²) in [5.74, 6) is -0.0925. The number of nitrogens with zero attached hydrogens (tertiary/aromatic N) is 2. The molecule has 1 fully saturated rings. The molecule has 1 aliphatic heterocycles. The third-order valence-corrected chi connectivity index (χ3v) is 7.63. The van der Waals surface area contributed by atoms with E-state index in [-0.39, 0.29) is 24.3 Å². The molecule has 1 unspecified atom stereocenters. The van der Waals surface area contributed by atoms with E-state index >= 15 is 0 Å². The normalized spacial score (nSPS) is 22.6. The molecule has 2 heterocycles. The molecule has 2 aromatic carbocycles. The van der Waals surface area contributed by atoms with Crippen molar-refractivity contribution in [2.75, 3.05) is 0 Å². The van der Waals surface area contributed by atoms with Crippen molar-refractivity contribution in [3.63, 3.8) is 0 Å². The second-order valence-corrected chi connectivity index (χ2v) is 10.2. The van der Waals surface area contributed by atoms with Crippen LogP contribution in [0.1, 0.15) is 60.6 Å². The molecule has 2 aliphatic rings. The van der Waals surface area contributed by atoms with Crippen molar-refractivity contribution in [1.82, 2.24) is 15.8 Å². The lowest BCUT2D eigenvalue weighted by molar-refractivity contribution is -0.133. The Bertz CT molecular complexity index is 1360. The molecule has 0 saturated heterocycles. The monoisotopic (exact) mass is 516 g/mol. The Morgan fingerprint density at radius 3 is 2.58 bits per heavy atom. The quantitative estimate of drug-likeness (QED) is 0.315. The number of carbonyl (C=O) groups is 2. The first-order valence-corrected chi connectivity index (χ1v) is 12.9. The van der Waals surface area contributed by atoms with Crippen LogP contribution in [0, 0.1) is 12.8 Å². The Hall–Kier alpha value is -3.98. The maximum absolute atomic E-state index is 12.9. The number of ether oxygens (including phenoxy) is 1. The van der Waals surface area contributed by atoms with E-state index in [0.29, 0.717) is 43.6 Å². The molecule has 2 amide bonds. The van der Waals surface area contributed by atoms with Crippen molar-refractivity contribution >= 4 is 28.4 Å². The van der Waals surface area contributed by atoms with Gasteiger partial charge in [0, 0.05) is 34.7 Å². The van der Waals surface area contributed by atoms with Gasteiger partial charge in [0.2, 0.25) is 5.91 Å². The molecule has 5 rings (SSSR count). The first-order chi connectivity index (χ1) is 18.4. The summed E-state index contributed by atoms with van der Waals surface area (Å²) in [5, 5.41) is 17.2. The molecule has 0 bridgehead atoms. The minimum atomic E-state index is -0.560. The lowest BCUT2D eigenvalue weighted by Gasteiger charge is -2.39. The van der Waals surface area contributed by atoms with Crippen LogP contribution < -0.4 is 15.5 Å². The fraction of sp³-hybridized carbons (Fsp3) is 0.379. The van der Waals surface area contributed by atoms with Gasteiger partial charge in [-0.1, -0.05) is 23.4 Å². The van der Waals surface area contributed by atoms with E-state index < -0.39 is 11.5 Å². The van der Waals surface area contributed by atoms with Crippen LogP contribution in [0.25, 0.3) is 10.9 Å². The number of aromatic nitrogens is 1. The zero-order chi connectivity index (χ0) is 26.7. The molecule has 1 atom stereocenters. The topological polar surface area (TPSA) is 122 Å². The molecule has 3 N–H and O–H groups in total. The number of hydrogen-bond acceptors (Lipinski definition) is 7. The van der Waals surface area contributed by atoms with E-state index in [0.717, 1.165) is 27.9 Å². The van der Waals surface area contributed by atoms with E-state index in [1.807, 2.05) is 56.3 Å². The number of hydrogen-bond donors (Lipinski definition) is 3. The number of rotatable bonds is 7. The van der Waals surface area contributed by atoms with E-state index in [1.54, 1.807) is 17.6 Å². The molecular formula is C29H32N4O5. The van der Waals surface area contributed by atoms with Crippen molar-refractivity contribution in [2.24, 2.45) is 11.1 Å². The van der Waals surface area contributed by atoms with Gasteiger partial charge >= 0.3 is 0 Å². The van der Waals surface area contributed by atoms with Gasteiger partial charge in [0.1, 0.15) is 18.0 Å². The first-order valence-electron chi connectivity index (χ1n) is 12.9. The smallest absolute Gasteiger partial charge is 0.251 e. The SMILES string of the molecule is CC1=NOC2(CCC(NC(=O)c3ccc(OCc4cc(C)nc5ccccc45)cc3)CC2)C1CC(=O)NO. The third kappa shape index (κ3) is 5.33. The fourth-order valence-corrected chi connectivity index (χ4v) is 5.57. The van der Waals surface area contributed by atoms with Crippen molar-refractivity contribution in [3.8, 4) is 5.75 Å². The highest BCUT2D eigenvalue weighted by Crippen LogP contribution is 2.43. The molecule has 9 heteroatoms. The van der Waals surface area contributed by atoms with Crippen LogP contribution in [0.2, 0.25) is 0 Å². The Labute approximate surface area is 221 Å². The first kappa shape index (κ1) is 25.7. The van der Waals surface area contributed by atoms with Crippen molar-refractivity contribution in [2.45, 2.75) is 64.2 Å². The summed E-state index contributed by atoms with van der Waals surface area (Å²) in [5.41, 5.74) is 5.41. The van der Waals surface area contributed by atoms with Crippen LogP contribution in [0.3, 0.4) is 0 Å². The van der Waals surface area contributed by atoms with Gasteiger partial charge in [-0.05, 0) is 75.9 Å². The number of para-hydroxylation sites is 1. The molecule has 9 nitrogen and oxygen atoms in total. The number of fused-ring (bicyclic) bond motifs is 1. The summed E-state index contributed by atoms with van der Waals surface area (Å²) in [6, 6.07) is 17.2. The molecular weight excluding hydrogens is 484 g/mol. The van der Waals surface area contributed by atoms with Crippen LogP contribution in [0.5, 0.6) is 5.75 Å². The average Bonchev–Trinajstić information content (AvgIpc) is 3.22. The number of carbonyl (C=O) groups excluding carboxylic acids is 2. The highest BCUT2D eigenvalue weighted by Gasteiger charge is 2.50. The van der Waals surface area contributed by atoms with Crippen LogP contribution in [0.4, 0.5) is 0 Å². The number of oxime groups is 1. The Morgan fingerprint density at radius 2 is 1.84 bits per heavy atom. The predicted octanol–water partition coefficient (Wildman–Crippen LogP) is 4.45. The van der Waals surface area contributed by atoms with E-state index in [4.69, 9.17) is 14.8 Å². The van der Waals surface area contributed by atoms with Crippen LogP contribution >= 0.6 is 0 Å². The standard InChI is InChI=1S/C29H32N4O5/c1-18-15-21(24-5-3-4-6-26(24)30-18)17-37-23-9-7-20(8-10-23)28(35)31-22-11-13-29(14-12-22)25(16-27(34)32-36)19(2)33-38-29/h3-10,15,22,25,36H,11-14,16-17H2,1-2H3,(H,31,35)(H,32,34). The number of aryl methyl sites for hydroxylation is 1. The summed E-state index contributed by atoms with van der Waals surface area (Å²) in [6.45, 7) is 4.22. The van der Waals surface area contributed by atoms with Gasteiger partial charge in [-0.3, -0.25) is 19.8 Å². The van der Waals surface area contributed by atoms with Crippen LogP contribution in [-0.2, 0) is 16.2 Å². The molecule has 198 valence electrons. The minimum absolute atomic E-state index is 0.00378. The highest BCUT2D eigenvalue weighted by molar-refractivity contribution is 5.94. The lowest BCUT2D eigenvalue weighted by Crippen LogP contribution is -2.48. The second-order valence-electron chi connectivity index (χ2n) is 10.2. The van der Waals surface area contributed by atoms with E-state index in [2.05, 4.69) is 15.5 Å². The molecule has 1 aromatic heterocycles. The maximum Gasteiger partial charge on any atom is 0.251 e. The second kappa shape index (κ2) is 10.8. The van der Waals surface area contributed by atoms with Crippen molar-refractivity contribution in [3.05, 3.63) is 71.4 Å². The molecule has 1 aliphatic carbocycles. The summed E-state index contributed by atoms with van der Waals surface area (Å²) in [6.07, 6.45) is 2.88. The number of nitrogens with one attached hydrogen (secondary N) is 2. The zero-order valence-corrected chi connectivity index (χ0v) is 21.6. The summed E-state index contributed by atoms with van der Waals surface area (Å²) < 4.78 is 6.02. The van der Waals surface area contributed by atoms with Gasteiger partial charge in [0.05, 0.1) is 17.1 Å². The van der Waals surface area contributed by atoms with Gasteiger partial charge in [-0.25, -0.2) is 5.48 Å². The Kier molecular flexibility index (Phi) is 7.28. The van der Waals surface area contributed by atoms with Gasteiger partial charge in [0.25, 0.3) is 5.91 Å². The van der Waals surface area contributed by atoms with Gasteiger partial charge in [-0.2, -0.15) is 0 Å². The number of amides is 2. The van der Waals surface area contributed by atoms with Gasteiger partial charge in [-0.15, -0.1) is 0 Å². The Balaban J connectivity index is 1.15. The lowest BCUT2D eigenvalue weighted by atomic mass is 9.71. The third-order valence-electron chi connectivity index (χ3n) is 7.63. The van der Waals surface area contributed by atoms with Crippen LogP contribution in [0.15, 0.2) is 59.8 Å². The zero-order valence-electron chi connectivity index (χ0n) is 21.6. The van der Waals surface area contributed by atoms with Crippen LogP contribution in [-0.4, -0.2) is 39.4 Å². The number of benzene rings is 2. The minimum Gasteiger partial charge on any atom is -0.489 e. The molecule has 3 aromatic rings. The fourth-order valence-electron chi connectivity index (χ4n) is 5.57. The number of hydroxylamine groups is 1.